The van der Waals surface area contributed by atoms with Crippen LogP contribution in [0.15, 0.2) is 57.5 Å². The molecule has 0 atom stereocenters. The summed E-state index contributed by atoms with van der Waals surface area (Å²) in [5, 5.41) is 5.00. The summed E-state index contributed by atoms with van der Waals surface area (Å²) in [5.74, 6) is 0. The standard InChI is InChI=1S/C18H10Br2N2/c19-9-1-3-11-13-7-18-14(8-17(13)21-15(11)5-9)12-4-2-10(20)6-16(12)22-18/h1-8,21-22H. The molecular formula is C18H10Br2N2. The number of benzene rings is 3. The van der Waals surface area contributed by atoms with Gasteiger partial charge < -0.3 is 9.97 Å². The lowest BCUT2D eigenvalue weighted by Crippen LogP contribution is -1.70. The van der Waals surface area contributed by atoms with Crippen LogP contribution in [0, 0.1) is 0 Å². The van der Waals surface area contributed by atoms with Gasteiger partial charge in [0.15, 0.2) is 0 Å². The van der Waals surface area contributed by atoms with Crippen molar-refractivity contribution in [1.82, 2.24) is 9.97 Å². The first-order valence-corrected chi connectivity index (χ1v) is 8.59. The van der Waals surface area contributed by atoms with E-state index < -0.39 is 0 Å². The Kier molecular flexibility index (Phi) is 2.53. The van der Waals surface area contributed by atoms with Gasteiger partial charge in [-0.2, -0.15) is 0 Å². The van der Waals surface area contributed by atoms with Crippen molar-refractivity contribution < 1.29 is 0 Å². The zero-order chi connectivity index (χ0) is 14.8. The molecule has 2 nitrogen and oxygen atoms in total. The molecule has 0 saturated carbocycles. The van der Waals surface area contributed by atoms with Crippen LogP contribution in [0.2, 0.25) is 0 Å². The predicted molar refractivity (Wildman–Crippen MR) is 101 cm³/mol. The van der Waals surface area contributed by atoms with Gasteiger partial charge in [-0.05, 0) is 36.4 Å². The number of H-pyrrole nitrogens is 2. The van der Waals surface area contributed by atoms with E-state index >= 15 is 0 Å². The molecular weight excluding hydrogens is 404 g/mol. The molecule has 22 heavy (non-hydrogen) atoms. The van der Waals surface area contributed by atoms with E-state index in [1.165, 1.54) is 32.6 Å². The van der Waals surface area contributed by atoms with E-state index in [1.54, 1.807) is 0 Å². The minimum atomic E-state index is 1.09. The summed E-state index contributed by atoms with van der Waals surface area (Å²) in [6, 6.07) is 17.2. The van der Waals surface area contributed by atoms with Crippen molar-refractivity contribution in [1.29, 1.82) is 0 Å². The smallest absolute Gasteiger partial charge is 0.0476 e. The molecule has 0 aliphatic rings. The lowest BCUT2D eigenvalue weighted by molar-refractivity contribution is 1.53. The van der Waals surface area contributed by atoms with Gasteiger partial charge in [-0.15, -0.1) is 0 Å². The summed E-state index contributed by atoms with van der Waals surface area (Å²) < 4.78 is 2.18. The summed E-state index contributed by atoms with van der Waals surface area (Å²) in [6.45, 7) is 0. The molecule has 3 aromatic carbocycles. The Morgan fingerprint density at radius 2 is 0.909 bits per heavy atom. The monoisotopic (exact) mass is 412 g/mol. The Labute approximate surface area is 142 Å². The van der Waals surface area contributed by atoms with E-state index in [9.17, 15) is 0 Å². The molecule has 2 heterocycles. The molecule has 106 valence electrons. The summed E-state index contributed by atoms with van der Waals surface area (Å²) >= 11 is 7.07. The molecule has 0 radical (unpaired) electrons. The topological polar surface area (TPSA) is 31.6 Å². The van der Waals surface area contributed by atoms with Gasteiger partial charge in [-0.1, -0.05) is 44.0 Å². The van der Waals surface area contributed by atoms with E-state index in [0.717, 1.165) is 20.0 Å². The molecule has 5 aromatic rings. The van der Waals surface area contributed by atoms with Gasteiger partial charge in [0.1, 0.15) is 0 Å². The largest absolute Gasteiger partial charge is 0.354 e. The zero-order valence-electron chi connectivity index (χ0n) is 11.4. The number of hydrogen-bond donors (Lipinski definition) is 2. The first-order valence-electron chi connectivity index (χ1n) is 7.01. The summed E-state index contributed by atoms with van der Waals surface area (Å²) in [5.41, 5.74) is 4.65. The van der Waals surface area contributed by atoms with Crippen LogP contribution >= 0.6 is 31.9 Å². The van der Waals surface area contributed by atoms with Crippen LogP contribution in [0.1, 0.15) is 0 Å². The predicted octanol–water partition coefficient (Wildman–Crippen LogP) is 6.48. The van der Waals surface area contributed by atoms with Crippen molar-refractivity contribution in [2.24, 2.45) is 0 Å². The second-order valence-electron chi connectivity index (χ2n) is 5.57. The quantitative estimate of drug-likeness (QED) is 0.291. The normalized spacial score (nSPS) is 12.1. The number of hydrogen-bond acceptors (Lipinski definition) is 0. The number of nitrogens with one attached hydrogen (secondary N) is 2. The van der Waals surface area contributed by atoms with Crippen molar-refractivity contribution in [2.45, 2.75) is 0 Å². The summed E-state index contributed by atoms with van der Waals surface area (Å²) in [6.07, 6.45) is 0. The van der Waals surface area contributed by atoms with Crippen molar-refractivity contribution in [3.05, 3.63) is 57.5 Å². The van der Waals surface area contributed by atoms with Crippen molar-refractivity contribution in [3.8, 4) is 0 Å². The van der Waals surface area contributed by atoms with Crippen molar-refractivity contribution >= 4 is 75.5 Å². The SMILES string of the molecule is Brc1ccc2c(c1)[nH]c1cc3c(cc12)[nH]c1cc(Br)ccc13. The van der Waals surface area contributed by atoms with E-state index in [0.29, 0.717) is 0 Å². The average Bonchev–Trinajstić information content (AvgIpc) is 3.00. The summed E-state index contributed by atoms with van der Waals surface area (Å²) in [7, 11) is 0. The maximum absolute atomic E-state index is 3.53. The minimum absolute atomic E-state index is 1.09. The van der Waals surface area contributed by atoms with Crippen LogP contribution in [0.4, 0.5) is 0 Å². The van der Waals surface area contributed by atoms with Gasteiger partial charge in [-0.3, -0.25) is 0 Å². The van der Waals surface area contributed by atoms with Gasteiger partial charge in [0.2, 0.25) is 0 Å². The zero-order valence-corrected chi connectivity index (χ0v) is 14.5. The Morgan fingerprint density at radius 1 is 0.500 bits per heavy atom. The third kappa shape index (κ3) is 1.71. The van der Waals surface area contributed by atoms with Gasteiger partial charge in [-0.25, -0.2) is 0 Å². The minimum Gasteiger partial charge on any atom is -0.354 e. The lowest BCUT2D eigenvalue weighted by Gasteiger charge is -1.94. The van der Waals surface area contributed by atoms with Gasteiger partial charge in [0.25, 0.3) is 0 Å². The molecule has 0 amide bonds. The van der Waals surface area contributed by atoms with E-state index in [4.69, 9.17) is 0 Å². The molecule has 0 aliphatic carbocycles. The molecule has 0 bridgehead atoms. The third-order valence-electron chi connectivity index (χ3n) is 4.24. The highest BCUT2D eigenvalue weighted by atomic mass is 79.9. The maximum atomic E-state index is 3.53. The maximum Gasteiger partial charge on any atom is 0.0476 e. The lowest BCUT2D eigenvalue weighted by atomic mass is 10.1. The molecule has 0 unspecified atom stereocenters. The number of halogens is 2. The fourth-order valence-corrected chi connectivity index (χ4v) is 3.97. The van der Waals surface area contributed by atoms with Crippen LogP contribution < -0.4 is 0 Å². The molecule has 2 N–H and O–H groups in total. The number of fused-ring (bicyclic) bond motifs is 6. The van der Waals surface area contributed by atoms with E-state index in [1.807, 2.05) is 0 Å². The van der Waals surface area contributed by atoms with Crippen molar-refractivity contribution in [3.63, 3.8) is 0 Å². The first kappa shape index (κ1) is 12.7. The molecule has 4 heteroatoms. The number of aromatic amines is 2. The highest BCUT2D eigenvalue weighted by Gasteiger charge is 2.10. The highest BCUT2D eigenvalue weighted by Crippen LogP contribution is 2.34. The molecule has 0 saturated heterocycles. The second-order valence-corrected chi connectivity index (χ2v) is 7.40. The number of aromatic nitrogens is 2. The molecule has 0 aliphatic heterocycles. The Hall–Kier alpha value is -1.78. The third-order valence-corrected chi connectivity index (χ3v) is 5.23. The van der Waals surface area contributed by atoms with Gasteiger partial charge in [0, 0.05) is 52.6 Å². The summed E-state index contributed by atoms with van der Waals surface area (Å²) in [4.78, 5) is 7.05. The van der Waals surface area contributed by atoms with Crippen LogP contribution in [0.25, 0.3) is 43.6 Å². The Morgan fingerprint density at radius 3 is 1.36 bits per heavy atom. The van der Waals surface area contributed by atoms with Gasteiger partial charge in [0.05, 0.1) is 0 Å². The molecule has 5 rings (SSSR count). The van der Waals surface area contributed by atoms with Crippen LogP contribution in [-0.4, -0.2) is 9.97 Å². The van der Waals surface area contributed by atoms with Crippen LogP contribution in [-0.2, 0) is 0 Å². The molecule has 0 spiro atoms. The first-order chi connectivity index (χ1) is 10.7. The van der Waals surface area contributed by atoms with Crippen LogP contribution in [0.5, 0.6) is 0 Å². The fourth-order valence-electron chi connectivity index (χ4n) is 3.25. The van der Waals surface area contributed by atoms with Gasteiger partial charge >= 0.3 is 0 Å². The second kappa shape index (κ2) is 4.37. The van der Waals surface area contributed by atoms with Crippen LogP contribution in [0.3, 0.4) is 0 Å². The number of rotatable bonds is 0. The highest BCUT2D eigenvalue weighted by molar-refractivity contribution is 9.10. The molecule has 2 aromatic heterocycles. The van der Waals surface area contributed by atoms with Crippen molar-refractivity contribution in [2.75, 3.05) is 0 Å². The Balaban J connectivity index is 1.97. The fraction of sp³-hybridized carbons (Fsp3) is 0. The van der Waals surface area contributed by atoms with E-state index in [-0.39, 0.29) is 0 Å². The molecule has 0 fully saturated rings. The average molecular weight is 414 g/mol. The Bertz CT molecular complexity index is 1100. The van der Waals surface area contributed by atoms with E-state index in [2.05, 4.69) is 90.4 Å².